The second-order valence-electron chi connectivity index (χ2n) is 7.26. The first-order valence-corrected chi connectivity index (χ1v) is 8.26. The van der Waals surface area contributed by atoms with E-state index in [1.807, 2.05) is 26.1 Å². The molecule has 1 fully saturated rings. The first-order valence-electron chi connectivity index (χ1n) is 8.26. The van der Waals surface area contributed by atoms with Crippen molar-refractivity contribution in [2.45, 2.75) is 66.3 Å². The molecule has 0 atom stereocenters. The van der Waals surface area contributed by atoms with Gasteiger partial charge in [0.1, 0.15) is 0 Å². The average Bonchev–Trinajstić information content (AvgIpc) is 2.42. The van der Waals surface area contributed by atoms with Crippen molar-refractivity contribution in [3.63, 3.8) is 0 Å². The van der Waals surface area contributed by atoms with Crippen molar-refractivity contribution >= 4 is 5.69 Å². The number of nitrogens with one attached hydrogen (secondary N) is 1. The van der Waals surface area contributed by atoms with Crippen molar-refractivity contribution in [3.8, 4) is 5.75 Å². The number of aromatic nitrogens is 1. The Morgan fingerprint density at radius 1 is 1.24 bits per heavy atom. The van der Waals surface area contributed by atoms with Gasteiger partial charge in [-0.1, -0.05) is 20.8 Å². The fourth-order valence-electron chi connectivity index (χ4n) is 3.32. The Balaban J connectivity index is 1.99. The molecular weight excluding hydrogens is 260 g/mol. The highest BCUT2D eigenvalue weighted by Crippen LogP contribution is 2.39. The molecule has 1 heterocycles. The maximum atomic E-state index is 5.76. The quantitative estimate of drug-likeness (QED) is 0.864. The van der Waals surface area contributed by atoms with E-state index in [1.165, 1.54) is 25.7 Å². The lowest BCUT2D eigenvalue weighted by molar-refractivity contribution is 0.173. The summed E-state index contributed by atoms with van der Waals surface area (Å²) in [4.78, 5) is 4.33. The number of anilines is 1. The van der Waals surface area contributed by atoms with Crippen molar-refractivity contribution < 1.29 is 4.74 Å². The number of aryl methyl sites for hydroxylation is 1. The summed E-state index contributed by atoms with van der Waals surface area (Å²) in [6, 6.07) is 2.60. The second kappa shape index (κ2) is 6.67. The highest BCUT2D eigenvalue weighted by atomic mass is 16.5. The summed E-state index contributed by atoms with van der Waals surface area (Å²) in [5, 5.41) is 3.68. The van der Waals surface area contributed by atoms with Crippen LogP contribution in [0, 0.1) is 18.3 Å². The van der Waals surface area contributed by atoms with Crippen LogP contribution in [0.1, 0.15) is 59.1 Å². The number of nitrogens with zero attached hydrogens (tertiary/aromatic N) is 1. The standard InChI is InChI=1S/C18H30N2O/c1-6-21-17-13(2)19-12-11-16(17)20-15-9-7-14(8-10-15)18(3,4)5/h11-12,14-15H,6-10H2,1-5H3,(H,19,20)/t14-,15+. The van der Waals surface area contributed by atoms with Crippen LogP contribution >= 0.6 is 0 Å². The van der Waals surface area contributed by atoms with Gasteiger partial charge in [-0.25, -0.2) is 0 Å². The Bertz CT molecular complexity index is 457. The van der Waals surface area contributed by atoms with E-state index in [2.05, 4.69) is 31.1 Å². The fraction of sp³-hybridized carbons (Fsp3) is 0.722. The van der Waals surface area contributed by atoms with E-state index < -0.39 is 0 Å². The first-order chi connectivity index (χ1) is 9.91. The molecule has 0 aromatic carbocycles. The highest BCUT2D eigenvalue weighted by Gasteiger charge is 2.29. The van der Waals surface area contributed by atoms with Crippen molar-refractivity contribution in [2.24, 2.45) is 11.3 Å². The predicted octanol–water partition coefficient (Wildman–Crippen LogP) is 4.81. The van der Waals surface area contributed by atoms with Gasteiger partial charge in [-0.05, 0) is 56.9 Å². The van der Waals surface area contributed by atoms with E-state index in [0.717, 1.165) is 23.0 Å². The molecule has 118 valence electrons. The van der Waals surface area contributed by atoms with Crippen LogP contribution in [-0.2, 0) is 0 Å². The van der Waals surface area contributed by atoms with E-state index in [0.29, 0.717) is 18.1 Å². The Hall–Kier alpha value is -1.25. The SMILES string of the molecule is CCOc1c(N[C@H]2CC[C@@H](C(C)(C)C)CC2)ccnc1C. The van der Waals surface area contributed by atoms with Crippen molar-refractivity contribution in [3.05, 3.63) is 18.0 Å². The summed E-state index contributed by atoms with van der Waals surface area (Å²) in [5.74, 6) is 1.76. The molecule has 0 unspecified atom stereocenters. The minimum Gasteiger partial charge on any atom is -0.490 e. The van der Waals surface area contributed by atoms with Crippen LogP contribution in [0.4, 0.5) is 5.69 Å². The summed E-state index contributed by atoms with van der Waals surface area (Å²) >= 11 is 0. The zero-order valence-electron chi connectivity index (χ0n) is 14.2. The average molecular weight is 290 g/mol. The van der Waals surface area contributed by atoms with Crippen molar-refractivity contribution in [1.29, 1.82) is 0 Å². The minimum atomic E-state index is 0.439. The molecule has 1 aliphatic rings. The maximum Gasteiger partial charge on any atom is 0.163 e. The molecule has 0 bridgehead atoms. The zero-order chi connectivity index (χ0) is 15.5. The van der Waals surface area contributed by atoms with E-state index in [-0.39, 0.29) is 0 Å². The van der Waals surface area contributed by atoms with Crippen LogP contribution in [-0.4, -0.2) is 17.6 Å². The van der Waals surface area contributed by atoms with Crippen LogP contribution in [0.25, 0.3) is 0 Å². The number of hydrogen-bond donors (Lipinski definition) is 1. The molecule has 0 saturated heterocycles. The van der Waals surface area contributed by atoms with Gasteiger partial charge in [0.2, 0.25) is 0 Å². The van der Waals surface area contributed by atoms with Gasteiger partial charge in [0.15, 0.2) is 5.75 Å². The van der Waals surface area contributed by atoms with Crippen LogP contribution in [0.15, 0.2) is 12.3 Å². The third-order valence-electron chi connectivity index (χ3n) is 4.68. The molecule has 3 nitrogen and oxygen atoms in total. The topological polar surface area (TPSA) is 34.1 Å². The van der Waals surface area contributed by atoms with E-state index in [4.69, 9.17) is 4.74 Å². The lowest BCUT2D eigenvalue weighted by atomic mass is 9.71. The number of pyridine rings is 1. The molecule has 1 aromatic heterocycles. The molecule has 3 heteroatoms. The molecule has 21 heavy (non-hydrogen) atoms. The molecule has 1 aromatic rings. The summed E-state index contributed by atoms with van der Waals surface area (Å²) < 4.78 is 5.76. The summed E-state index contributed by atoms with van der Waals surface area (Å²) in [7, 11) is 0. The zero-order valence-corrected chi connectivity index (χ0v) is 14.2. The Morgan fingerprint density at radius 2 is 1.90 bits per heavy atom. The summed E-state index contributed by atoms with van der Waals surface area (Å²) in [5.41, 5.74) is 2.50. The van der Waals surface area contributed by atoms with Gasteiger partial charge in [0.25, 0.3) is 0 Å². The Kier molecular flexibility index (Phi) is 5.13. The minimum absolute atomic E-state index is 0.439. The molecule has 1 aliphatic carbocycles. The third kappa shape index (κ3) is 4.12. The van der Waals surface area contributed by atoms with Gasteiger partial charge in [0.05, 0.1) is 18.0 Å². The fourth-order valence-corrected chi connectivity index (χ4v) is 3.32. The van der Waals surface area contributed by atoms with Crippen LogP contribution in [0.2, 0.25) is 0 Å². The van der Waals surface area contributed by atoms with Crippen molar-refractivity contribution in [1.82, 2.24) is 4.98 Å². The van der Waals surface area contributed by atoms with Crippen LogP contribution in [0.5, 0.6) is 5.75 Å². The predicted molar refractivity (Wildman–Crippen MR) is 89.0 cm³/mol. The molecule has 2 rings (SSSR count). The van der Waals surface area contributed by atoms with Crippen molar-refractivity contribution in [2.75, 3.05) is 11.9 Å². The van der Waals surface area contributed by atoms with Gasteiger partial charge >= 0.3 is 0 Å². The molecule has 1 saturated carbocycles. The summed E-state index contributed by atoms with van der Waals surface area (Å²) in [6.45, 7) is 11.8. The van der Waals surface area contributed by atoms with E-state index in [9.17, 15) is 0 Å². The molecule has 0 spiro atoms. The van der Waals surface area contributed by atoms with Crippen LogP contribution < -0.4 is 10.1 Å². The monoisotopic (exact) mass is 290 g/mol. The van der Waals surface area contributed by atoms with Gasteiger partial charge in [-0.3, -0.25) is 4.98 Å². The molecule has 0 amide bonds. The van der Waals surface area contributed by atoms with E-state index in [1.54, 1.807) is 0 Å². The van der Waals surface area contributed by atoms with Crippen LogP contribution in [0.3, 0.4) is 0 Å². The lowest BCUT2D eigenvalue weighted by Gasteiger charge is -2.37. The smallest absolute Gasteiger partial charge is 0.163 e. The van der Waals surface area contributed by atoms with Gasteiger partial charge < -0.3 is 10.1 Å². The second-order valence-corrected chi connectivity index (χ2v) is 7.26. The third-order valence-corrected chi connectivity index (χ3v) is 4.68. The normalized spacial score (nSPS) is 22.9. The summed E-state index contributed by atoms with van der Waals surface area (Å²) in [6.07, 6.45) is 6.98. The molecule has 0 aliphatic heterocycles. The number of ether oxygens (including phenoxy) is 1. The number of rotatable bonds is 4. The van der Waals surface area contributed by atoms with Gasteiger partial charge in [-0.15, -0.1) is 0 Å². The first kappa shape index (κ1) is 16.1. The van der Waals surface area contributed by atoms with E-state index >= 15 is 0 Å². The molecular formula is C18H30N2O. The van der Waals surface area contributed by atoms with Gasteiger partial charge in [-0.2, -0.15) is 0 Å². The van der Waals surface area contributed by atoms with Gasteiger partial charge in [0, 0.05) is 12.2 Å². The highest BCUT2D eigenvalue weighted by molar-refractivity contribution is 5.58. The maximum absolute atomic E-state index is 5.76. The Morgan fingerprint density at radius 3 is 2.48 bits per heavy atom. The lowest BCUT2D eigenvalue weighted by Crippen LogP contribution is -2.31. The largest absolute Gasteiger partial charge is 0.490 e. The molecule has 1 N–H and O–H groups in total. The number of hydrogen-bond acceptors (Lipinski definition) is 3. The molecule has 0 radical (unpaired) electrons. The Labute approximate surface area is 129 Å².